The van der Waals surface area contributed by atoms with E-state index in [4.69, 9.17) is 0 Å². The number of carbonyl (C=O) groups excluding carboxylic acids is 2. The van der Waals surface area contributed by atoms with Gasteiger partial charge in [-0.1, -0.05) is 28.1 Å². The van der Waals surface area contributed by atoms with Crippen molar-refractivity contribution in [3.63, 3.8) is 0 Å². The van der Waals surface area contributed by atoms with Crippen LogP contribution in [0.25, 0.3) is 0 Å². The molecular weight excluding hydrogens is 286 g/mol. The molecule has 5 heteroatoms. The lowest BCUT2D eigenvalue weighted by atomic mass is 10.1. The number of esters is 1. The fraction of sp³-hybridized carbons (Fsp3) is 0.333. The van der Waals surface area contributed by atoms with E-state index >= 15 is 0 Å². The Morgan fingerprint density at radius 2 is 1.88 bits per heavy atom. The van der Waals surface area contributed by atoms with Crippen LogP contribution in [0.1, 0.15) is 15.9 Å². The number of carbonyl (C=O) groups is 2. The van der Waals surface area contributed by atoms with Gasteiger partial charge in [0, 0.05) is 17.9 Å². The number of amides is 1. The van der Waals surface area contributed by atoms with E-state index in [0.29, 0.717) is 5.56 Å². The second-order valence-corrected chi connectivity index (χ2v) is 4.13. The van der Waals surface area contributed by atoms with Crippen LogP contribution in [0, 0.1) is 0 Å². The molecule has 0 aliphatic heterocycles. The molecule has 0 aliphatic rings. The summed E-state index contributed by atoms with van der Waals surface area (Å²) in [6.45, 7) is -0.0461. The van der Waals surface area contributed by atoms with Crippen LogP contribution in [-0.2, 0) is 14.9 Å². The normalized spacial score (nSPS) is 9.82. The van der Waals surface area contributed by atoms with Crippen molar-refractivity contribution >= 4 is 27.8 Å². The van der Waals surface area contributed by atoms with Gasteiger partial charge in [-0.25, -0.2) is 0 Å². The van der Waals surface area contributed by atoms with Crippen molar-refractivity contribution < 1.29 is 14.3 Å². The zero-order valence-corrected chi connectivity index (χ0v) is 11.4. The third-order valence-electron chi connectivity index (χ3n) is 2.30. The first kappa shape index (κ1) is 13.7. The topological polar surface area (TPSA) is 46.6 Å². The van der Waals surface area contributed by atoms with Gasteiger partial charge < -0.3 is 9.64 Å². The molecule has 0 aliphatic carbocycles. The van der Waals surface area contributed by atoms with Gasteiger partial charge in [0.15, 0.2) is 0 Å². The molecule has 1 rings (SSSR count). The summed E-state index contributed by atoms with van der Waals surface area (Å²) in [5, 5.41) is 0.749. The van der Waals surface area contributed by atoms with Gasteiger partial charge in [-0.2, -0.15) is 0 Å². The van der Waals surface area contributed by atoms with E-state index in [1.807, 2.05) is 12.1 Å². The standard InChI is InChI=1S/C12H14BrNO3/c1-14(8-11(15)17-2)12(16)10-5-3-9(7-13)4-6-10/h3-6H,7-8H2,1-2H3. The van der Waals surface area contributed by atoms with Crippen molar-refractivity contribution in [3.8, 4) is 0 Å². The minimum absolute atomic E-state index is 0.0461. The molecule has 0 spiro atoms. The summed E-state index contributed by atoms with van der Waals surface area (Å²) in [5.74, 6) is -0.630. The Balaban J connectivity index is 2.71. The van der Waals surface area contributed by atoms with E-state index in [1.54, 1.807) is 19.2 Å². The summed E-state index contributed by atoms with van der Waals surface area (Å²) in [6.07, 6.45) is 0. The van der Waals surface area contributed by atoms with Crippen LogP contribution < -0.4 is 0 Å². The number of ether oxygens (including phenoxy) is 1. The fourth-order valence-corrected chi connectivity index (χ4v) is 1.66. The fourth-order valence-electron chi connectivity index (χ4n) is 1.29. The predicted octanol–water partition coefficient (Wildman–Crippen LogP) is 1.83. The van der Waals surface area contributed by atoms with Crippen LogP contribution in [0.2, 0.25) is 0 Å². The van der Waals surface area contributed by atoms with E-state index in [-0.39, 0.29) is 12.5 Å². The summed E-state index contributed by atoms with van der Waals surface area (Å²) >= 11 is 3.33. The Morgan fingerprint density at radius 1 is 1.29 bits per heavy atom. The number of methoxy groups -OCH3 is 1. The van der Waals surface area contributed by atoms with E-state index < -0.39 is 5.97 Å². The van der Waals surface area contributed by atoms with Gasteiger partial charge >= 0.3 is 5.97 Å². The zero-order chi connectivity index (χ0) is 12.8. The maximum Gasteiger partial charge on any atom is 0.325 e. The summed E-state index contributed by atoms with van der Waals surface area (Å²) in [7, 11) is 2.86. The molecule has 0 radical (unpaired) electrons. The highest BCUT2D eigenvalue weighted by molar-refractivity contribution is 9.08. The number of rotatable bonds is 4. The molecule has 0 bridgehead atoms. The number of hydrogen-bond acceptors (Lipinski definition) is 3. The number of hydrogen-bond donors (Lipinski definition) is 0. The molecule has 0 unspecified atom stereocenters. The van der Waals surface area contributed by atoms with Crippen LogP contribution >= 0.6 is 15.9 Å². The maximum atomic E-state index is 11.9. The molecule has 17 heavy (non-hydrogen) atoms. The maximum absolute atomic E-state index is 11.9. The van der Waals surface area contributed by atoms with Gasteiger partial charge in [-0.3, -0.25) is 9.59 Å². The highest BCUT2D eigenvalue weighted by atomic mass is 79.9. The Morgan fingerprint density at radius 3 is 2.35 bits per heavy atom. The van der Waals surface area contributed by atoms with Gasteiger partial charge in [0.25, 0.3) is 5.91 Å². The molecule has 1 amide bonds. The Hall–Kier alpha value is -1.36. The van der Waals surface area contributed by atoms with Gasteiger partial charge in [0.2, 0.25) is 0 Å². The number of likely N-dealkylation sites (N-methyl/N-ethyl adjacent to an activating group) is 1. The predicted molar refractivity (Wildman–Crippen MR) is 68.0 cm³/mol. The van der Waals surface area contributed by atoms with E-state index in [9.17, 15) is 9.59 Å². The Labute approximate surface area is 109 Å². The van der Waals surface area contributed by atoms with Crippen molar-refractivity contribution in [2.45, 2.75) is 5.33 Å². The molecule has 1 aromatic carbocycles. The van der Waals surface area contributed by atoms with E-state index in [0.717, 1.165) is 10.9 Å². The summed E-state index contributed by atoms with van der Waals surface area (Å²) in [6, 6.07) is 7.22. The summed E-state index contributed by atoms with van der Waals surface area (Å²) in [4.78, 5) is 24.3. The van der Waals surface area contributed by atoms with E-state index in [1.165, 1.54) is 12.0 Å². The summed E-state index contributed by atoms with van der Waals surface area (Å²) < 4.78 is 4.50. The molecule has 0 saturated carbocycles. The summed E-state index contributed by atoms with van der Waals surface area (Å²) in [5.41, 5.74) is 1.65. The highest BCUT2D eigenvalue weighted by Crippen LogP contribution is 2.09. The third kappa shape index (κ3) is 3.85. The number of halogens is 1. The van der Waals surface area contributed by atoms with Gasteiger partial charge in [0.1, 0.15) is 6.54 Å². The SMILES string of the molecule is COC(=O)CN(C)C(=O)c1ccc(CBr)cc1. The lowest BCUT2D eigenvalue weighted by Gasteiger charge is -2.15. The van der Waals surface area contributed by atoms with Crippen LogP contribution in [0.4, 0.5) is 0 Å². The van der Waals surface area contributed by atoms with Gasteiger partial charge in [-0.15, -0.1) is 0 Å². The minimum atomic E-state index is -0.432. The lowest BCUT2D eigenvalue weighted by molar-refractivity contribution is -0.141. The second-order valence-electron chi connectivity index (χ2n) is 3.57. The van der Waals surface area contributed by atoms with Crippen LogP contribution in [0.3, 0.4) is 0 Å². The first-order chi connectivity index (χ1) is 8.08. The molecule has 0 fully saturated rings. The second kappa shape index (κ2) is 6.39. The molecule has 1 aromatic rings. The molecular formula is C12H14BrNO3. The van der Waals surface area contributed by atoms with E-state index in [2.05, 4.69) is 20.7 Å². The molecule has 0 heterocycles. The molecule has 0 atom stereocenters. The molecule has 0 aromatic heterocycles. The third-order valence-corrected chi connectivity index (χ3v) is 2.94. The number of nitrogens with zero attached hydrogens (tertiary/aromatic N) is 1. The smallest absolute Gasteiger partial charge is 0.325 e. The largest absolute Gasteiger partial charge is 0.468 e. The van der Waals surface area contributed by atoms with Gasteiger partial charge in [-0.05, 0) is 17.7 Å². The van der Waals surface area contributed by atoms with Crippen molar-refractivity contribution in [1.29, 1.82) is 0 Å². The van der Waals surface area contributed by atoms with Gasteiger partial charge in [0.05, 0.1) is 7.11 Å². The van der Waals surface area contributed by atoms with Crippen LogP contribution in [-0.4, -0.2) is 37.5 Å². The molecule has 0 N–H and O–H groups in total. The monoisotopic (exact) mass is 299 g/mol. The van der Waals surface area contributed by atoms with Crippen LogP contribution in [0.15, 0.2) is 24.3 Å². The quantitative estimate of drug-likeness (QED) is 0.629. The first-order valence-corrected chi connectivity index (χ1v) is 6.17. The average molecular weight is 300 g/mol. The van der Waals surface area contributed by atoms with Crippen molar-refractivity contribution in [2.24, 2.45) is 0 Å². The first-order valence-electron chi connectivity index (χ1n) is 5.05. The molecule has 4 nitrogen and oxygen atoms in total. The number of benzene rings is 1. The molecule has 92 valence electrons. The average Bonchev–Trinajstić information content (AvgIpc) is 2.37. The van der Waals surface area contributed by atoms with Crippen molar-refractivity contribution in [2.75, 3.05) is 20.7 Å². The zero-order valence-electron chi connectivity index (χ0n) is 9.77. The Kier molecular flexibility index (Phi) is 5.15. The Bertz CT molecular complexity index is 403. The highest BCUT2D eigenvalue weighted by Gasteiger charge is 2.14. The van der Waals surface area contributed by atoms with Crippen molar-refractivity contribution in [3.05, 3.63) is 35.4 Å². The van der Waals surface area contributed by atoms with Crippen LogP contribution in [0.5, 0.6) is 0 Å². The number of alkyl halides is 1. The molecule has 0 saturated heterocycles. The lowest BCUT2D eigenvalue weighted by Crippen LogP contribution is -2.32. The van der Waals surface area contributed by atoms with Crippen molar-refractivity contribution in [1.82, 2.24) is 4.90 Å². The minimum Gasteiger partial charge on any atom is -0.468 e.